The number of nitrogens with one attached hydrogen (secondary N) is 1. The molecule has 0 aliphatic rings. The van der Waals surface area contributed by atoms with Gasteiger partial charge in [0.05, 0.1) is 0 Å². The fraction of sp³-hybridized carbons (Fsp3) is 0.143. The lowest BCUT2D eigenvalue weighted by Gasteiger charge is -2.10. The fourth-order valence-corrected chi connectivity index (χ4v) is 2.27. The van der Waals surface area contributed by atoms with Crippen LogP contribution in [0.3, 0.4) is 0 Å². The third-order valence-electron chi connectivity index (χ3n) is 2.63. The number of benzene rings is 2. The normalized spacial score (nSPS) is 10.5. The van der Waals surface area contributed by atoms with E-state index in [1.165, 1.54) is 0 Å². The summed E-state index contributed by atoms with van der Waals surface area (Å²) >= 11 is 1.57. The molecule has 2 aromatic rings. The van der Waals surface area contributed by atoms with Gasteiger partial charge in [-0.05, 0) is 36.1 Å². The van der Waals surface area contributed by atoms with Gasteiger partial charge in [0.15, 0.2) is 17.5 Å². The molecule has 0 saturated carbocycles. The zero-order valence-corrected chi connectivity index (χ0v) is 11.0. The molecule has 0 fully saturated rings. The van der Waals surface area contributed by atoms with Crippen LogP contribution in [0.1, 0.15) is 5.56 Å². The number of halogens is 3. The minimum atomic E-state index is -1.44. The molecule has 19 heavy (non-hydrogen) atoms. The predicted molar refractivity (Wildman–Crippen MR) is 71.9 cm³/mol. The third-order valence-corrected chi connectivity index (χ3v) is 3.43. The van der Waals surface area contributed by atoms with E-state index < -0.39 is 17.5 Å². The van der Waals surface area contributed by atoms with E-state index in [0.29, 0.717) is 5.56 Å². The number of hydrogen-bond acceptors (Lipinski definition) is 2. The van der Waals surface area contributed by atoms with Crippen LogP contribution in [0.2, 0.25) is 0 Å². The van der Waals surface area contributed by atoms with Crippen molar-refractivity contribution in [3.05, 3.63) is 59.4 Å². The number of para-hydroxylation sites is 1. The SMILES string of the molecule is CSc1ccccc1NCc1cc(F)c(F)c(F)c1. The topological polar surface area (TPSA) is 12.0 Å². The van der Waals surface area contributed by atoms with Crippen molar-refractivity contribution in [2.45, 2.75) is 11.4 Å². The zero-order valence-electron chi connectivity index (χ0n) is 10.2. The first-order valence-corrected chi connectivity index (χ1v) is 6.84. The van der Waals surface area contributed by atoms with Gasteiger partial charge in [-0.25, -0.2) is 13.2 Å². The van der Waals surface area contributed by atoms with Gasteiger partial charge < -0.3 is 5.32 Å². The van der Waals surface area contributed by atoms with Gasteiger partial charge in [0.1, 0.15) is 0 Å². The minimum absolute atomic E-state index is 0.228. The quantitative estimate of drug-likeness (QED) is 0.657. The lowest BCUT2D eigenvalue weighted by atomic mass is 10.2. The number of hydrogen-bond donors (Lipinski definition) is 1. The first-order valence-electron chi connectivity index (χ1n) is 5.62. The van der Waals surface area contributed by atoms with E-state index in [0.717, 1.165) is 22.7 Å². The molecule has 1 nitrogen and oxygen atoms in total. The monoisotopic (exact) mass is 283 g/mol. The van der Waals surface area contributed by atoms with Gasteiger partial charge in [0.2, 0.25) is 0 Å². The maximum atomic E-state index is 13.1. The van der Waals surface area contributed by atoms with E-state index in [-0.39, 0.29) is 6.54 Å². The highest BCUT2D eigenvalue weighted by atomic mass is 32.2. The van der Waals surface area contributed by atoms with Gasteiger partial charge in [-0.15, -0.1) is 11.8 Å². The fourth-order valence-electron chi connectivity index (χ4n) is 1.70. The first kappa shape index (κ1) is 13.8. The molecule has 0 aromatic heterocycles. The van der Waals surface area contributed by atoms with Crippen LogP contribution in [0.25, 0.3) is 0 Å². The summed E-state index contributed by atoms with van der Waals surface area (Å²) in [6.45, 7) is 0.228. The summed E-state index contributed by atoms with van der Waals surface area (Å²) in [6, 6.07) is 9.59. The zero-order chi connectivity index (χ0) is 13.8. The molecule has 0 atom stereocenters. The Labute approximate surface area is 113 Å². The van der Waals surface area contributed by atoms with E-state index in [9.17, 15) is 13.2 Å². The summed E-state index contributed by atoms with van der Waals surface area (Å²) in [6.07, 6.45) is 1.94. The smallest absolute Gasteiger partial charge is 0.194 e. The van der Waals surface area contributed by atoms with Crippen molar-refractivity contribution in [2.24, 2.45) is 0 Å². The van der Waals surface area contributed by atoms with Crippen LogP contribution in [0.4, 0.5) is 18.9 Å². The standard InChI is InChI=1S/C14H12F3NS/c1-19-13-5-3-2-4-12(13)18-8-9-6-10(15)14(17)11(16)7-9/h2-7,18H,8H2,1H3. The molecule has 0 radical (unpaired) electrons. The van der Waals surface area contributed by atoms with Crippen LogP contribution in [0, 0.1) is 17.5 Å². The Bertz CT molecular complexity index is 564. The highest BCUT2D eigenvalue weighted by molar-refractivity contribution is 7.98. The van der Waals surface area contributed by atoms with Crippen molar-refractivity contribution < 1.29 is 13.2 Å². The lowest BCUT2D eigenvalue weighted by molar-refractivity contribution is 0.445. The van der Waals surface area contributed by atoms with Gasteiger partial charge in [-0.3, -0.25) is 0 Å². The molecule has 0 aliphatic heterocycles. The molecule has 0 heterocycles. The summed E-state index contributed by atoms with van der Waals surface area (Å²) in [5, 5.41) is 3.08. The maximum Gasteiger partial charge on any atom is 0.194 e. The highest BCUT2D eigenvalue weighted by Crippen LogP contribution is 2.25. The van der Waals surface area contributed by atoms with Gasteiger partial charge >= 0.3 is 0 Å². The lowest BCUT2D eigenvalue weighted by Crippen LogP contribution is -2.03. The second-order valence-electron chi connectivity index (χ2n) is 3.93. The van der Waals surface area contributed by atoms with Crippen LogP contribution in [-0.4, -0.2) is 6.26 Å². The Morgan fingerprint density at radius 2 is 1.68 bits per heavy atom. The molecule has 5 heteroatoms. The third kappa shape index (κ3) is 3.23. The molecule has 2 rings (SSSR count). The van der Waals surface area contributed by atoms with Crippen molar-refractivity contribution in [1.82, 2.24) is 0 Å². The Balaban J connectivity index is 2.15. The van der Waals surface area contributed by atoms with Crippen LogP contribution in [-0.2, 0) is 6.54 Å². The minimum Gasteiger partial charge on any atom is -0.380 e. The number of rotatable bonds is 4. The predicted octanol–water partition coefficient (Wildman–Crippen LogP) is 4.44. The average Bonchev–Trinajstić information content (AvgIpc) is 2.42. The molecule has 0 amide bonds. The molecule has 0 spiro atoms. The summed E-state index contributed by atoms with van der Waals surface area (Å²) in [7, 11) is 0. The Hall–Kier alpha value is -1.62. The Morgan fingerprint density at radius 3 is 2.32 bits per heavy atom. The Kier molecular flexibility index (Phi) is 4.37. The first-order chi connectivity index (χ1) is 9.11. The van der Waals surface area contributed by atoms with Gasteiger partial charge in [-0.1, -0.05) is 12.1 Å². The van der Waals surface area contributed by atoms with E-state index in [2.05, 4.69) is 5.32 Å². The van der Waals surface area contributed by atoms with Crippen molar-refractivity contribution in [3.63, 3.8) is 0 Å². The largest absolute Gasteiger partial charge is 0.380 e. The summed E-state index contributed by atoms with van der Waals surface area (Å²) < 4.78 is 38.9. The molecule has 1 N–H and O–H groups in total. The molecule has 0 saturated heterocycles. The second-order valence-corrected chi connectivity index (χ2v) is 4.78. The molecule has 2 aromatic carbocycles. The molecular formula is C14H12F3NS. The van der Waals surface area contributed by atoms with E-state index in [4.69, 9.17) is 0 Å². The van der Waals surface area contributed by atoms with E-state index in [1.807, 2.05) is 30.5 Å². The number of anilines is 1. The highest BCUT2D eigenvalue weighted by Gasteiger charge is 2.10. The van der Waals surface area contributed by atoms with E-state index in [1.54, 1.807) is 11.8 Å². The van der Waals surface area contributed by atoms with Crippen molar-refractivity contribution in [3.8, 4) is 0 Å². The average molecular weight is 283 g/mol. The summed E-state index contributed by atoms with van der Waals surface area (Å²) in [5.41, 5.74) is 1.23. The molecule has 0 unspecified atom stereocenters. The molecule has 0 bridgehead atoms. The van der Waals surface area contributed by atoms with E-state index >= 15 is 0 Å². The summed E-state index contributed by atoms with van der Waals surface area (Å²) in [5.74, 6) is -3.78. The second kappa shape index (κ2) is 6.02. The number of thioether (sulfide) groups is 1. The van der Waals surface area contributed by atoms with Crippen LogP contribution >= 0.6 is 11.8 Å². The van der Waals surface area contributed by atoms with Gasteiger partial charge in [0, 0.05) is 17.1 Å². The molecule has 0 aliphatic carbocycles. The Morgan fingerprint density at radius 1 is 1.05 bits per heavy atom. The van der Waals surface area contributed by atoms with Crippen molar-refractivity contribution in [2.75, 3.05) is 11.6 Å². The van der Waals surface area contributed by atoms with Crippen LogP contribution in [0.5, 0.6) is 0 Å². The van der Waals surface area contributed by atoms with Crippen LogP contribution in [0.15, 0.2) is 41.3 Å². The molecule has 100 valence electrons. The van der Waals surface area contributed by atoms with Crippen LogP contribution < -0.4 is 5.32 Å². The van der Waals surface area contributed by atoms with Crippen molar-refractivity contribution >= 4 is 17.4 Å². The summed E-state index contributed by atoms with van der Waals surface area (Å²) in [4.78, 5) is 1.03. The van der Waals surface area contributed by atoms with Gasteiger partial charge in [0.25, 0.3) is 0 Å². The maximum absolute atomic E-state index is 13.1. The van der Waals surface area contributed by atoms with Crippen molar-refractivity contribution in [1.29, 1.82) is 0 Å². The molecular weight excluding hydrogens is 271 g/mol. The van der Waals surface area contributed by atoms with Gasteiger partial charge in [-0.2, -0.15) is 0 Å².